The number of hydrogen-bond donors (Lipinski definition) is 2. The minimum atomic E-state index is -0.544. The van der Waals surface area contributed by atoms with Gasteiger partial charge in [0.1, 0.15) is 0 Å². The summed E-state index contributed by atoms with van der Waals surface area (Å²) < 4.78 is 5.06. The lowest BCUT2D eigenvalue weighted by atomic mass is 10.0. The quantitative estimate of drug-likeness (QED) is 0.452. The maximum absolute atomic E-state index is 12.1. The summed E-state index contributed by atoms with van der Waals surface area (Å²) in [6.45, 7) is 1.20. The molecule has 0 radical (unpaired) electrons. The summed E-state index contributed by atoms with van der Waals surface area (Å²) >= 11 is 0. The number of nitro groups is 1. The van der Waals surface area contributed by atoms with Crippen LogP contribution in [0.4, 0.5) is 11.4 Å². The van der Waals surface area contributed by atoms with Crippen molar-refractivity contribution >= 4 is 17.3 Å². The van der Waals surface area contributed by atoms with Crippen molar-refractivity contribution < 1.29 is 14.5 Å². The third-order valence-electron chi connectivity index (χ3n) is 3.91. The Morgan fingerprint density at radius 1 is 1.52 bits per heavy atom. The lowest BCUT2D eigenvalue weighted by Gasteiger charge is -2.16. The number of hydrogen-bond acceptors (Lipinski definition) is 5. The summed E-state index contributed by atoms with van der Waals surface area (Å²) in [4.78, 5) is 22.4. The first-order chi connectivity index (χ1) is 9.97. The van der Waals surface area contributed by atoms with Gasteiger partial charge in [-0.25, -0.2) is 0 Å². The van der Waals surface area contributed by atoms with Crippen molar-refractivity contribution in [2.45, 2.75) is 19.3 Å². The Labute approximate surface area is 122 Å². The number of nitrogens with two attached hydrogens (primary N) is 1. The first-order valence-corrected chi connectivity index (χ1v) is 6.78. The Kier molecular flexibility index (Phi) is 4.42. The second-order valence-corrected chi connectivity index (χ2v) is 5.45. The van der Waals surface area contributed by atoms with Crippen LogP contribution < -0.4 is 11.1 Å². The summed E-state index contributed by atoms with van der Waals surface area (Å²) in [6, 6.07) is 3.87. The highest BCUT2D eigenvalue weighted by molar-refractivity contribution is 5.99. The average molecular weight is 293 g/mol. The van der Waals surface area contributed by atoms with Crippen LogP contribution in [0.1, 0.15) is 29.6 Å². The first kappa shape index (κ1) is 15.2. The van der Waals surface area contributed by atoms with E-state index >= 15 is 0 Å². The number of rotatable bonds is 7. The van der Waals surface area contributed by atoms with Crippen LogP contribution in [0.3, 0.4) is 0 Å². The van der Waals surface area contributed by atoms with Crippen LogP contribution in [0.15, 0.2) is 18.2 Å². The van der Waals surface area contributed by atoms with Crippen LogP contribution >= 0.6 is 0 Å². The van der Waals surface area contributed by atoms with Crippen LogP contribution in [0, 0.1) is 15.5 Å². The van der Waals surface area contributed by atoms with Gasteiger partial charge in [0.25, 0.3) is 11.6 Å². The van der Waals surface area contributed by atoms with Gasteiger partial charge in [-0.1, -0.05) is 0 Å². The number of nitrogens with zero attached hydrogens (tertiary/aromatic N) is 1. The zero-order chi connectivity index (χ0) is 15.5. The molecule has 1 aliphatic rings. The fourth-order valence-corrected chi connectivity index (χ4v) is 2.23. The summed E-state index contributed by atoms with van der Waals surface area (Å²) in [5.74, 6) is -0.375. The van der Waals surface area contributed by atoms with Crippen molar-refractivity contribution in [2.75, 3.05) is 26.0 Å². The number of nitro benzene ring substituents is 1. The zero-order valence-electron chi connectivity index (χ0n) is 11.9. The maximum atomic E-state index is 12.1. The molecule has 1 amide bonds. The SMILES string of the molecule is COCCC1(CNC(=O)c2cc([N+](=O)[O-])ccc2N)CC1. The Hall–Kier alpha value is -2.15. The number of amides is 1. The molecular formula is C14H19N3O4. The van der Waals surface area contributed by atoms with Crippen molar-refractivity contribution in [3.63, 3.8) is 0 Å². The van der Waals surface area contributed by atoms with Gasteiger partial charge in [-0.3, -0.25) is 14.9 Å². The molecule has 1 fully saturated rings. The molecule has 0 aliphatic heterocycles. The number of benzene rings is 1. The van der Waals surface area contributed by atoms with E-state index in [-0.39, 0.29) is 28.3 Å². The van der Waals surface area contributed by atoms with Crippen LogP contribution in [0.5, 0.6) is 0 Å². The van der Waals surface area contributed by atoms with Gasteiger partial charge in [-0.2, -0.15) is 0 Å². The average Bonchev–Trinajstić information content (AvgIpc) is 3.23. The highest BCUT2D eigenvalue weighted by atomic mass is 16.6. The maximum Gasteiger partial charge on any atom is 0.270 e. The molecule has 0 saturated heterocycles. The van der Waals surface area contributed by atoms with E-state index in [4.69, 9.17) is 10.5 Å². The third-order valence-corrected chi connectivity index (χ3v) is 3.91. The smallest absolute Gasteiger partial charge is 0.270 e. The molecule has 0 unspecified atom stereocenters. The molecule has 7 nitrogen and oxygen atoms in total. The molecule has 1 saturated carbocycles. The minimum absolute atomic E-state index is 0.112. The topological polar surface area (TPSA) is 107 Å². The molecule has 1 aliphatic carbocycles. The molecule has 1 aromatic rings. The number of ether oxygens (including phenoxy) is 1. The van der Waals surface area contributed by atoms with E-state index < -0.39 is 4.92 Å². The molecular weight excluding hydrogens is 274 g/mol. The van der Waals surface area contributed by atoms with E-state index in [0.29, 0.717) is 13.2 Å². The van der Waals surface area contributed by atoms with Crippen molar-refractivity contribution in [3.8, 4) is 0 Å². The third kappa shape index (κ3) is 3.69. The molecule has 0 atom stereocenters. The predicted octanol–water partition coefficient (Wildman–Crippen LogP) is 1.72. The number of nitrogens with one attached hydrogen (secondary N) is 1. The number of non-ortho nitro benzene ring substituents is 1. The summed E-state index contributed by atoms with van der Waals surface area (Å²) in [6.07, 6.45) is 3.01. The zero-order valence-corrected chi connectivity index (χ0v) is 11.9. The number of carbonyl (C=O) groups is 1. The van der Waals surface area contributed by atoms with Crippen LogP contribution in [-0.2, 0) is 4.74 Å². The molecule has 0 aromatic heterocycles. The molecule has 0 spiro atoms. The number of anilines is 1. The number of nitrogen functional groups attached to an aromatic ring is 1. The van der Waals surface area contributed by atoms with Gasteiger partial charge in [0.15, 0.2) is 0 Å². The number of carbonyl (C=O) groups excluding carboxylic acids is 1. The molecule has 2 rings (SSSR count). The summed E-state index contributed by atoms with van der Waals surface area (Å²) in [5.41, 5.74) is 6.07. The fraction of sp³-hybridized carbons (Fsp3) is 0.500. The van der Waals surface area contributed by atoms with Gasteiger partial charge in [-0.15, -0.1) is 0 Å². The lowest BCUT2D eigenvalue weighted by Crippen LogP contribution is -2.31. The Morgan fingerprint density at radius 2 is 2.24 bits per heavy atom. The molecule has 7 heteroatoms. The number of methoxy groups -OCH3 is 1. The summed E-state index contributed by atoms with van der Waals surface area (Å²) in [5, 5.41) is 13.6. The van der Waals surface area contributed by atoms with Crippen molar-refractivity contribution in [2.24, 2.45) is 5.41 Å². The molecule has 114 valence electrons. The van der Waals surface area contributed by atoms with Crippen LogP contribution in [0.25, 0.3) is 0 Å². The highest BCUT2D eigenvalue weighted by Gasteiger charge is 2.42. The van der Waals surface area contributed by atoms with E-state index in [2.05, 4.69) is 5.32 Å². The normalized spacial score (nSPS) is 15.5. The van der Waals surface area contributed by atoms with Crippen molar-refractivity contribution in [3.05, 3.63) is 33.9 Å². The van der Waals surface area contributed by atoms with E-state index in [1.165, 1.54) is 18.2 Å². The van der Waals surface area contributed by atoms with Gasteiger partial charge in [0, 0.05) is 38.1 Å². The standard InChI is InChI=1S/C14H19N3O4/c1-21-7-6-14(4-5-14)9-16-13(18)11-8-10(17(19)20)2-3-12(11)15/h2-3,8H,4-7,9,15H2,1H3,(H,16,18). The Balaban J connectivity index is 2.00. The second-order valence-electron chi connectivity index (χ2n) is 5.45. The van der Waals surface area contributed by atoms with Gasteiger partial charge in [-0.05, 0) is 30.7 Å². The van der Waals surface area contributed by atoms with Gasteiger partial charge in [0.2, 0.25) is 0 Å². The van der Waals surface area contributed by atoms with Crippen LogP contribution in [0.2, 0.25) is 0 Å². The highest BCUT2D eigenvalue weighted by Crippen LogP contribution is 2.48. The minimum Gasteiger partial charge on any atom is -0.398 e. The fourth-order valence-electron chi connectivity index (χ4n) is 2.23. The van der Waals surface area contributed by atoms with Gasteiger partial charge in [0.05, 0.1) is 10.5 Å². The molecule has 0 bridgehead atoms. The van der Waals surface area contributed by atoms with Crippen molar-refractivity contribution in [1.29, 1.82) is 0 Å². The van der Waals surface area contributed by atoms with E-state index in [1.807, 2.05) is 0 Å². The van der Waals surface area contributed by atoms with Gasteiger partial charge >= 0.3 is 0 Å². The molecule has 1 aromatic carbocycles. The predicted molar refractivity (Wildman–Crippen MR) is 78.0 cm³/mol. The first-order valence-electron chi connectivity index (χ1n) is 6.78. The monoisotopic (exact) mass is 293 g/mol. The Morgan fingerprint density at radius 3 is 2.81 bits per heavy atom. The van der Waals surface area contributed by atoms with E-state index in [9.17, 15) is 14.9 Å². The van der Waals surface area contributed by atoms with Gasteiger partial charge < -0.3 is 15.8 Å². The Bertz CT molecular complexity index is 555. The molecule has 0 heterocycles. The van der Waals surface area contributed by atoms with E-state index in [0.717, 1.165) is 19.3 Å². The lowest BCUT2D eigenvalue weighted by molar-refractivity contribution is -0.384. The van der Waals surface area contributed by atoms with Crippen LogP contribution in [-0.4, -0.2) is 31.1 Å². The molecule has 21 heavy (non-hydrogen) atoms. The second kappa shape index (κ2) is 6.09. The van der Waals surface area contributed by atoms with E-state index in [1.54, 1.807) is 7.11 Å². The summed E-state index contributed by atoms with van der Waals surface area (Å²) in [7, 11) is 1.65. The molecule has 3 N–H and O–H groups in total. The van der Waals surface area contributed by atoms with Crippen molar-refractivity contribution in [1.82, 2.24) is 5.32 Å². The largest absolute Gasteiger partial charge is 0.398 e.